The smallest absolute Gasteiger partial charge is 0.407 e. The molecule has 286 valence electrons. The van der Waals surface area contributed by atoms with E-state index in [0.717, 1.165) is 58.1 Å². The summed E-state index contributed by atoms with van der Waals surface area (Å²) < 4.78 is 9.49. The lowest BCUT2D eigenvalue weighted by Crippen LogP contribution is -2.51. The standard InChI is InChI=1S/C39H48N8O6S/c1-22(2)31(44-38(50)52-5)35(48)46-17-7-8-30(46)33-40-20-28(42-33)26-13-9-24(10-14-26)25-11-15-27(16-12-25)29-21-41-34(43-29)37-47(18-19-54-37)36(49)32(23(3)4)45-39(51)53-6/h9-16,20-23,30-32,37H,7-8,17-19H2,1-6H3,(H,40,42)(H,41,43)(H,44,50)(H,45,51)/t30-,31?,32-,37-/m0/s1. The quantitative estimate of drug-likeness (QED) is 0.140. The van der Waals surface area contributed by atoms with E-state index in [1.54, 1.807) is 34.0 Å². The Bertz CT molecular complexity index is 1800. The number of benzene rings is 2. The van der Waals surface area contributed by atoms with Crippen LogP contribution in [-0.4, -0.2) is 98.9 Å². The Balaban J connectivity index is 1.11. The maximum absolute atomic E-state index is 13.5. The fourth-order valence-corrected chi connectivity index (χ4v) is 8.13. The minimum atomic E-state index is -0.700. The molecule has 2 saturated heterocycles. The number of H-pyrrole nitrogens is 2. The molecule has 2 fully saturated rings. The van der Waals surface area contributed by atoms with Crippen molar-refractivity contribution >= 4 is 35.8 Å². The van der Waals surface area contributed by atoms with E-state index in [9.17, 15) is 19.2 Å². The van der Waals surface area contributed by atoms with Gasteiger partial charge in [0, 0.05) is 18.8 Å². The van der Waals surface area contributed by atoms with Crippen molar-refractivity contribution in [2.75, 3.05) is 33.1 Å². The number of hydrogen-bond donors (Lipinski definition) is 4. The molecular weight excluding hydrogens is 709 g/mol. The molecule has 6 rings (SSSR count). The Labute approximate surface area is 319 Å². The van der Waals surface area contributed by atoms with Crippen molar-refractivity contribution in [2.24, 2.45) is 11.8 Å². The number of likely N-dealkylation sites (tertiary alicyclic amines) is 1. The molecule has 4 amide bonds. The fourth-order valence-electron chi connectivity index (χ4n) is 6.94. The molecule has 4 N–H and O–H groups in total. The van der Waals surface area contributed by atoms with Gasteiger partial charge in [0.15, 0.2) is 0 Å². The van der Waals surface area contributed by atoms with E-state index < -0.39 is 24.3 Å². The number of thioether (sulfide) groups is 1. The van der Waals surface area contributed by atoms with Crippen LogP contribution in [-0.2, 0) is 19.1 Å². The van der Waals surface area contributed by atoms with Gasteiger partial charge in [-0.05, 0) is 46.9 Å². The molecule has 2 aromatic heterocycles. The average molecular weight is 757 g/mol. The van der Waals surface area contributed by atoms with E-state index in [-0.39, 0.29) is 35.1 Å². The predicted molar refractivity (Wildman–Crippen MR) is 206 cm³/mol. The number of nitrogens with zero attached hydrogens (tertiary/aromatic N) is 4. The van der Waals surface area contributed by atoms with Crippen molar-refractivity contribution < 1.29 is 28.7 Å². The number of amides is 4. The number of imidazole rings is 2. The van der Waals surface area contributed by atoms with Crippen LogP contribution >= 0.6 is 11.8 Å². The van der Waals surface area contributed by atoms with Gasteiger partial charge in [-0.25, -0.2) is 19.6 Å². The third kappa shape index (κ3) is 8.25. The van der Waals surface area contributed by atoms with Crippen LogP contribution < -0.4 is 10.6 Å². The van der Waals surface area contributed by atoms with Crippen molar-refractivity contribution in [2.45, 2.75) is 64.0 Å². The van der Waals surface area contributed by atoms with Gasteiger partial charge in [-0.2, -0.15) is 0 Å². The highest BCUT2D eigenvalue weighted by molar-refractivity contribution is 7.99. The fraction of sp³-hybridized carbons (Fsp3) is 0.436. The average Bonchev–Trinajstić information content (AvgIpc) is 4.02. The SMILES string of the molecule is COC(=O)NC(C(=O)N1CCC[C@H]1c1ncc(-c2ccc(-c3ccc(-c4cnc([C@@H]5SCCN5C(=O)[C@@H](NC(=O)OC)C(C)C)[nH]4)cc3)cc2)[nH]1)C(C)C. The number of carbonyl (C=O) groups excluding carboxylic acids is 4. The first-order valence-corrected chi connectivity index (χ1v) is 19.3. The summed E-state index contributed by atoms with van der Waals surface area (Å²) in [4.78, 5) is 70.6. The van der Waals surface area contributed by atoms with Crippen LogP contribution in [0.25, 0.3) is 33.6 Å². The number of rotatable bonds is 11. The minimum Gasteiger partial charge on any atom is -0.453 e. The summed E-state index contributed by atoms with van der Waals surface area (Å²) in [5.74, 6) is 1.65. The Kier molecular flexibility index (Phi) is 11.9. The summed E-state index contributed by atoms with van der Waals surface area (Å²) in [6.07, 6.45) is 3.96. The number of aromatic amines is 2. The van der Waals surface area contributed by atoms with Crippen LogP contribution in [0.3, 0.4) is 0 Å². The number of methoxy groups -OCH3 is 2. The van der Waals surface area contributed by atoms with Crippen LogP contribution in [0.4, 0.5) is 9.59 Å². The van der Waals surface area contributed by atoms with E-state index in [2.05, 4.69) is 54.8 Å². The normalized spacial score (nSPS) is 18.1. The zero-order valence-electron chi connectivity index (χ0n) is 31.4. The third-order valence-electron chi connectivity index (χ3n) is 9.96. The molecule has 0 radical (unpaired) electrons. The van der Waals surface area contributed by atoms with Gasteiger partial charge >= 0.3 is 12.2 Å². The van der Waals surface area contributed by atoms with Crippen molar-refractivity contribution in [3.05, 3.63) is 72.6 Å². The second-order valence-corrected chi connectivity index (χ2v) is 15.4. The zero-order valence-corrected chi connectivity index (χ0v) is 32.2. The Hall–Kier alpha value is -5.31. The zero-order chi connectivity index (χ0) is 38.5. The van der Waals surface area contributed by atoms with Crippen LogP contribution in [0.5, 0.6) is 0 Å². The van der Waals surface area contributed by atoms with E-state index in [0.29, 0.717) is 18.9 Å². The van der Waals surface area contributed by atoms with Gasteiger partial charge in [0.05, 0.1) is 44.0 Å². The summed E-state index contributed by atoms with van der Waals surface area (Å²) in [5, 5.41) is 5.08. The monoisotopic (exact) mass is 756 g/mol. The lowest BCUT2D eigenvalue weighted by Gasteiger charge is -2.30. The van der Waals surface area contributed by atoms with Gasteiger partial charge < -0.3 is 39.9 Å². The van der Waals surface area contributed by atoms with Crippen LogP contribution in [0.2, 0.25) is 0 Å². The summed E-state index contributed by atoms with van der Waals surface area (Å²) in [5.41, 5.74) is 5.74. The second kappa shape index (κ2) is 16.8. The highest BCUT2D eigenvalue weighted by atomic mass is 32.2. The Morgan fingerprint density at radius 1 is 0.704 bits per heavy atom. The first kappa shape index (κ1) is 38.4. The summed E-state index contributed by atoms with van der Waals surface area (Å²) >= 11 is 1.64. The molecule has 1 unspecified atom stereocenters. The van der Waals surface area contributed by atoms with Gasteiger partial charge in [0.2, 0.25) is 11.8 Å². The van der Waals surface area contributed by atoms with Crippen molar-refractivity contribution in [1.29, 1.82) is 0 Å². The number of aromatic nitrogens is 4. The van der Waals surface area contributed by atoms with Crippen molar-refractivity contribution in [1.82, 2.24) is 40.4 Å². The first-order chi connectivity index (χ1) is 26.0. The van der Waals surface area contributed by atoms with Gasteiger partial charge in [-0.3, -0.25) is 9.59 Å². The topological polar surface area (TPSA) is 175 Å². The number of alkyl carbamates (subject to hydrolysis) is 2. The molecule has 4 atom stereocenters. The highest BCUT2D eigenvalue weighted by Gasteiger charge is 2.39. The van der Waals surface area contributed by atoms with Crippen LogP contribution in [0.15, 0.2) is 60.9 Å². The van der Waals surface area contributed by atoms with Gasteiger partial charge in [0.1, 0.15) is 29.1 Å². The maximum atomic E-state index is 13.5. The van der Waals surface area contributed by atoms with Gasteiger partial charge in [-0.15, -0.1) is 11.8 Å². The lowest BCUT2D eigenvalue weighted by molar-refractivity contribution is -0.136. The number of hydrogen-bond acceptors (Lipinski definition) is 9. The summed E-state index contributed by atoms with van der Waals surface area (Å²) in [6, 6.07) is 14.9. The Morgan fingerprint density at radius 2 is 1.17 bits per heavy atom. The molecule has 15 heteroatoms. The van der Waals surface area contributed by atoms with E-state index in [4.69, 9.17) is 9.47 Å². The highest BCUT2D eigenvalue weighted by Crippen LogP contribution is 2.38. The lowest BCUT2D eigenvalue weighted by atomic mass is 10.0. The minimum absolute atomic E-state index is 0.105. The molecule has 2 aliphatic rings. The van der Waals surface area contributed by atoms with E-state index in [1.807, 2.05) is 52.0 Å². The molecule has 4 aromatic rings. The largest absolute Gasteiger partial charge is 0.453 e. The van der Waals surface area contributed by atoms with E-state index in [1.165, 1.54) is 14.2 Å². The van der Waals surface area contributed by atoms with Gasteiger partial charge in [0.25, 0.3) is 0 Å². The first-order valence-electron chi connectivity index (χ1n) is 18.2. The van der Waals surface area contributed by atoms with Crippen molar-refractivity contribution in [3.63, 3.8) is 0 Å². The number of ether oxygens (including phenoxy) is 2. The molecular formula is C39H48N8O6S. The number of nitrogens with one attached hydrogen (secondary N) is 4. The molecule has 0 aliphatic carbocycles. The molecule has 2 aromatic carbocycles. The molecule has 0 spiro atoms. The molecule has 4 heterocycles. The predicted octanol–water partition coefficient (Wildman–Crippen LogP) is 6.13. The molecule has 2 aliphatic heterocycles. The van der Waals surface area contributed by atoms with Crippen LogP contribution in [0.1, 0.15) is 63.6 Å². The molecule has 0 saturated carbocycles. The summed E-state index contributed by atoms with van der Waals surface area (Å²) in [7, 11) is 2.57. The second-order valence-electron chi connectivity index (χ2n) is 14.2. The third-order valence-corrected chi connectivity index (χ3v) is 11.2. The Morgan fingerprint density at radius 3 is 1.67 bits per heavy atom. The van der Waals surface area contributed by atoms with Crippen molar-refractivity contribution in [3.8, 4) is 33.6 Å². The van der Waals surface area contributed by atoms with Crippen LogP contribution in [0, 0.1) is 11.8 Å². The summed E-state index contributed by atoms with van der Waals surface area (Å²) in [6.45, 7) is 8.73. The molecule has 54 heavy (non-hydrogen) atoms. The maximum Gasteiger partial charge on any atom is 0.407 e. The van der Waals surface area contributed by atoms with E-state index >= 15 is 0 Å². The van der Waals surface area contributed by atoms with Gasteiger partial charge in [-0.1, -0.05) is 76.2 Å². The molecule has 14 nitrogen and oxygen atoms in total. The molecule has 0 bridgehead atoms. The number of carbonyl (C=O) groups is 4.